The summed E-state index contributed by atoms with van der Waals surface area (Å²) in [5.74, 6) is 0.957. The molecule has 1 aromatic carbocycles. The SMILES string of the molecule is COc1ccc(NC(=O)[C@@H](N)C(C)(C)C)cc1-n1nnnc1C.Cl. The third kappa shape index (κ3) is 4.21. The maximum absolute atomic E-state index is 12.3. The van der Waals surface area contributed by atoms with Crippen molar-refractivity contribution in [2.75, 3.05) is 12.4 Å². The molecule has 3 N–H and O–H groups in total. The van der Waals surface area contributed by atoms with Crippen molar-refractivity contribution in [3.63, 3.8) is 0 Å². The van der Waals surface area contributed by atoms with Gasteiger partial charge in [0.2, 0.25) is 5.91 Å². The van der Waals surface area contributed by atoms with Crippen LogP contribution in [0.5, 0.6) is 5.75 Å². The van der Waals surface area contributed by atoms with Gasteiger partial charge in [0.25, 0.3) is 0 Å². The Morgan fingerprint density at radius 1 is 1.38 bits per heavy atom. The topological polar surface area (TPSA) is 108 Å². The van der Waals surface area contributed by atoms with Crippen LogP contribution >= 0.6 is 12.4 Å². The van der Waals surface area contributed by atoms with Crippen LogP contribution in [-0.2, 0) is 4.79 Å². The Hall–Kier alpha value is -2.19. The molecule has 24 heavy (non-hydrogen) atoms. The van der Waals surface area contributed by atoms with Crippen LogP contribution in [0.1, 0.15) is 26.6 Å². The van der Waals surface area contributed by atoms with Gasteiger partial charge >= 0.3 is 0 Å². The fourth-order valence-electron chi connectivity index (χ4n) is 2.00. The Kier molecular flexibility index (Phi) is 6.28. The molecule has 0 radical (unpaired) electrons. The van der Waals surface area contributed by atoms with Gasteiger partial charge in [0.15, 0.2) is 5.82 Å². The summed E-state index contributed by atoms with van der Waals surface area (Å²) in [7, 11) is 1.56. The highest BCUT2D eigenvalue weighted by Crippen LogP contribution is 2.27. The molecular weight excluding hydrogens is 332 g/mol. The Morgan fingerprint density at radius 2 is 2.04 bits per heavy atom. The van der Waals surface area contributed by atoms with Crippen LogP contribution in [0, 0.1) is 12.3 Å². The molecule has 0 aliphatic carbocycles. The average molecular weight is 355 g/mol. The van der Waals surface area contributed by atoms with Crippen molar-refractivity contribution in [3.8, 4) is 11.4 Å². The zero-order valence-electron chi connectivity index (χ0n) is 14.4. The number of aryl methyl sites for hydroxylation is 1. The predicted molar refractivity (Wildman–Crippen MR) is 93.8 cm³/mol. The van der Waals surface area contributed by atoms with Crippen molar-refractivity contribution in [2.45, 2.75) is 33.7 Å². The largest absolute Gasteiger partial charge is 0.494 e. The molecule has 8 nitrogen and oxygen atoms in total. The number of aromatic nitrogens is 4. The van der Waals surface area contributed by atoms with Gasteiger partial charge in [-0.25, -0.2) is 0 Å². The van der Waals surface area contributed by atoms with Crippen molar-refractivity contribution in [1.29, 1.82) is 0 Å². The number of nitrogens with one attached hydrogen (secondary N) is 1. The first-order valence-electron chi connectivity index (χ1n) is 7.24. The number of benzene rings is 1. The van der Waals surface area contributed by atoms with Gasteiger partial charge in [-0.15, -0.1) is 17.5 Å². The number of anilines is 1. The molecule has 132 valence electrons. The number of carbonyl (C=O) groups is 1. The van der Waals surface area contributed by atoms with Crippen LogP contribution in [0.15, 0.2) is 18.2 Å². The molecule has 2 aromatic rings. The average Bonchev–Trinajstić information content (AvgIpc) is 2.91. The lowest BCUT2D eigenvalue weighted by Gasteiger charge is -2.26. The molecule has 0 spiro atoms. The first kappa shape index (κ1) is 19.9. The van der Waals surface area contributed by atoms with Gasteiger partial charge in [-0.1, -0.05) is 20.8 Å². The summed E-state index contributed by atoms with van der Waals surface area (Å²) < 4.78 is 6.87. The second-order valence-electron chi connectivity index (χ2n) is 6.36. The van der Waals surface area contributed by atoms with Gasteiger partial charge in [0, 0.05) is 5.69 Å². The van der Waals surface area contributed by atoms with Crippen LogP contribution in [0.3, 0.4) is 0 Å². The zero-order chi connectivity index (χ0) is 17.2. The monoisotopic (exact) mass is 354 g/mol. The second kappa shape index (κ2) is 7.59. The highest BCUT2D eigenvalue weighted by Gasteiger charge is 2.27. The summed E-state index contributed by atoms with van der Waals surface area (Å²) in [5.41, 5.74) is 6.89. The molecule has 2 rings (SSSR count). The van der Waals surface area contributed by atoms with Crippen molar-refractivity contribution in [1.82, 2.24) is 20.2 Å². The first-order chi connectivity index (χ1) is 10.7. The number of ether oxygens (including phenoxy) is 1. The van der Waals surface area contributed by atoms with Gasteiger partial charge in [0.05, 0.1) is 13.2 Å². The Bertz CT molecular complexity index is 710. The van der Waals surface area contributed by atoms with E-state index in [0.717, 1.165) is 0 Å². The smallest absolute Gasteiger partial charge is 0.241 e. The number of hydrogen-bond donors (Lipinski definition) is 2. The zero-order valence-corrected chi connectivity index (χ0v) is 15.2. The summed E-state index contributed by atoms with van der Waals surface area (Å²) in [6, 6.07) is 4.61. The van der Waals surface area contributed by atoms with E-state index in [0.29, 0.717) is 22.9 Å². The van der Waals surface area contributed by atoms with Crippen molar-refractivity contribution < 1.29 is 9.53 Å². The number of nitrogens with zero attached hydrogens (tertiary/aromatic N) is 4. The molecule has 9 heteroatoms. The van der Waals surface area contributed by atoms with Crippen LogP contribution in [0.4, 0.5) is 5.69 Å². The number of nitrogens with two attached hydrogens (primary N) is 1. The maximum Gasteiger partial charge on any atom is 0.241 e. The number of hydrogen-bond acceptors (Lipinski definition) is 6. The summed E-state index contributed by atoms with van der Waals surface area (Å²) in [5, 5.41) is 14.2. The number of carbonyl (C=O) groups excluding carboxylic acids is 1. The van der Waals surface area contributed by atoms with Gasteiger partial charge in [-0.2, -0.15) is 4.68 Å². The highest BCUT2D eigenvalue weighted by atomic mass is 35.5. The molecule has 0 unspecified atom stereocenters. The number of amides is 1. The number of tetrazole rings is 1. The lowest BCUT2D eigenvalue weighted by molar-refractivity contribution is -0.119. The Labute approximate surface area is 147 Å². The fourth-order valence-corrected chi connectivity index (χ4v) is 2.00. The van der Waals surface area contributed by atoms with Gasteiger partial charge in [-0.3, -0.25) is 4.79 Å². The van der Waals surface area contributed by atoms with E-state index in [9.17, 15) is 4.79 Å². The molecule has 0 aliphatic rings. The third-order valence-corrected chi connectivity index (χ3v) is 3.52. The molecule has 1 heterocycles. The van der Waals surface area contributed by atoms with Crippen molar-refractivity contribution in [2.24, 2.45) is 11.1 Å². The second-order valence-corrected chi connectivity index (χ2v) is 6.36. The van der Waals surface area contributed by atoms with Gasteiger partial charge in [-0.05, 0) is 41.0 Å². The summed E-state index contributed by atoms with van der Waals surface area (Å²) in [6.45, 7) is 7.53. The molecule has 0 saturated carbocycles. The van der Waals surface area contributed by atoms with E-state index in [4.69, 9.17) is 10.5 Å². The highest BCUT2D eigenvalue weighted by molar-refractivity contribution is 5.95. The first-order valence-corrected chi connectivity index (χ1v) is 7.24. The summed E-state index contributed by atoms with van der Waals surface area (Å²) >= 11 is 0. The van der Waals surface area contributed by atoms with E-state index in [-0.39, 0.29) is 23.7 Å². The van der Waals surface area contributed by atoms with E-state index in [1.807, 2.05) is 20.8 Å². The molecule has 0 bridgehead atoms. The van der Waals surface area contributed by atoms with Crippen LogP contribution in [0.25, 0.3) is 5.69 Å². The maximum atomic E-state index is 12.3. The van der Waals surface area contributed by atoms with Crippen molar-refractivity contribution >= 4 is 24.0 Å². The Balaban J connectivity index is 0.00000288. The third-order valence-electron chi connectivity index (χ3n) is 3.52. The molecule has 0 fully saturated rings. The van der Waals surface area contributed by atoms with Crippen LogP contribution < -0.4 is 15.8 Å². The minimum Gasteiger partial charge on any atom is -0.494 e. The van der Waals surface area contributed by atoms with E-state index in [1.54, 1.807) is 32.2 Å². The quantitative estimate of drug-likeness (QED) is 0.865. The van der Waals surface area contributed by atoms with E-state index in [1.165, 1.54) is 4.68 Å². The lowest BCUT2D eigenvalue weighted by atomic mass is 9.87. The van der Waals surface area contributed by atoms with E-state index < -0.39 is 6.04 Å². The van der Waals surface area contributed by atoms with Crippen LogP contribution in [-0.4, -0.2) is 39.3 Å². The van der Waals surface area contributed by atoms with Gasteiger partial charge in [0.1, 0.15) is 11.4 Å². The van der Waals surface area contributed by atoms with Crippen LogP contribution in [0.2, 0.25) is 0 Å². The summed E-state index contributed by atoms with van der Waals surface area (Å²) in [6.07, 6.45) is 0. The lowest BCUT2D eigenvalue weighted by Crippen LogP contribution is -2.45. The molecule has 1 amide bonds. The summed E-state index contributed by atoms with van der Waals surface area (Å²) in [4.78, 5) is 12.3. The number of rotatable bonds is 4. The number of methoxy groups -OCH3 is 1. The van der Waals surface area contributed by atoms with Gasteiger partial charge < -0.3 is 15.8 Å². The molecule has 1 aromatic heterocycles. The van der Waals surface area contributed by atoms with Crippen molar-refractivity contribution in [3.05, 3.63) is 24.0 Å². The van der Waals surface area contributed by atoms with E-state index >= 15 is 0 Å². The number of halogens is 1. The normalized spacial score (nSPS) is 12.2. The fraction of sp³-hybridized carbons (Fsp3) is 0.467. The van der Waals surface area contributed by atoms with E-state index in [2.05, 4.69) is 20.8 Å². The standard InChI is InChI=1S/C15H22N6O2.ClH/c1-9-18-19-20-21(9)11-8-10(6-7-12(11)23-5)17-14(22)13(16)15(2,3)4;/h6-8,13H,16H2,1-5H3,(H,17,22);1H/t13-;/m1./s1. The Morgan fingerprint density at radius 3 is 2.54 bits per heavy atom. The minimum absolute atomic E-state index is 0. The molecule has 1 atom stereocenters. The molecular formula is C15H23ClN6O2. The molecule has 0 saturated heterocycles. The minimum atomic E-state index is -0.622. The predicted octanol–water partition coefficient (Wildman–Crippen LogP) is 1.71. The molecule has 0 aliphatic heterocycles.